The number of ether oxygens (including phenoxy) is 1. The summed E-state index contributed by atoms with van der Waals surface area (Å²) >= 11 is 12.8. The molecule has 2 amide bonds. The van der Waals surface area contributed by atoms with Gasteiger partial charge in [-0.2, -0.15) is 0 Å². The molecular weight excluding hydrogens is 631 g/mol. The molecule has 0 aromatic heterocycles. The van der Waals surface area contributed by atoms with Crippen molar-refractivity contribution in [2.45, 2.75) is 51.1 Å². The van der Waals surface area contributed by atoms with E-state index >= 15 is 0 Å². The number of halogens is 2. The largest absolute Gasteiger partial charge is 0.497 e. The number of methoxy groups -OCH3 is 1. The maximum Gasteiger partial charge on any atom is 0.273 e. The van der Waals surface area contributed by atoms with Crippen molar-refractivity contribution < 1.29 is 27.7 Å². The molecule has 0 aliphatic heterocycles. The van der Waals surface area contributed by atoms with Crippen molar-refractivity contribution in [1.29, 1.82) is 0 Å². The molecule has 0 aliphatic rings. The van der Waals surface area contributed by atoms with Crippen molar-refractivity contribution in [3.63, 3.8) is 0 Å². The summed E-state index contributed by atoms with van der Waals surface area (Å²) in [4.78, 5) is 39.0. The summed E-state index contributed by atoms with van der Waals surface area (Å²) < 4.78 is 34.1. The van der Waals surface area contributed by atoms with Crippen LogP contribution in [0.5, 0.6) is 5.75 Å². The van der Waals surface area contributed by atoms with Gasteiger partial charge in [0.1, 0.15) is 18.3 Å². The lowest BCUT2D eigenvalue weighted by molar-refractivity contribution is -0.385. The van der Waals surface area contributed by atoms with Crippen LogP contribution in [0.15, 0.2) is 65.6 Å². The standard InChI is InChI=1S/C30H34Cl2N4O7S/c1-5-6-16-33-30(38)21(3)34(18-25-26(31)8-7-9-27(25)32)29(37)19-35(22-11-13-23(43-4)14-12-22)44(41,42)24-15-10-20(2)28(17-24)36(39)40/h7-15,17,21H,5-6,16,18-19H2,1-4H3,(H,33,38). The Morgan fingerprint density at radius 3 is 2.27 bits per heavy atom. The topological polar surface area (TPSA) is 139 Å². The zero-order chi connectivity index (χ0) is 32.6. The molecular formula is C30H34Cl2N4O7S. The van der Waals surface area contributed by atoms with Gasteiger partial charge in [-0.1, -0.05) is 48.7 Å². The number of nitro groups is 1. The first-order valence-corrected chi connectivity index (χ1v) is 15.9. The van der Waals surface area contributed by atoms with Gasteiger partial charge >= 0.3 is 0 Å². The van der Waals surface area contributed by atoms with Gasteiger partial charge in [0.25, 0.3) is 15.7 Å². The summed E-state index contributed by atoms with van der Waals surface area (Å²) in [6.07, 6.45) is 1.58. The molecule has 44 heavy (non-hydrogen) atoms. The molecule has 0 aliphatic carbocycles. The summed E-state index contributed by atoms with van der Waals surface area (Å²) in [5.41, 5.74) is 0.356. The fraction of sp³-hybridized carbons (Fsp3) is 0.333. The highest BCUT2D eigenvalue weighted by atomic mass is 35.5. The van der Waals surface area contributed by atoms with Gasteiger partial charge < -0.3 is 15.0 Å². The molecule has 0 radical (unpaired) electrons. The fourth-order valence-electron chi connectivity index (χ4n) is 4.32. The van der Waals surface area contributed by atoms with Crippen molar-refractivity contribution in [1.82, 2.24) is 10.2 Å². The first kappa shape index (κ1) is 34.6. The number of benzene rings is 3. The number of aryl methyl sites for hydroxylation is 1. The minimum atomic E-state index is -4.54. The minimum absolute atomic E-state index is 0.0955. The molecule has 1 N–H and O–H groups in total. The van der Waals surface area contributed by atoms with Crippen LogP contribution in [0.2, 0.25) is 10.0 Å². The number of sulfonamides is 1. The Kier molecular flexibility index (Phi) is 12.0. The molecule has 3 rings (SSSR count). The average Bonchev–Trinajstić information content (AvgIpc) is 2.99. The van der Waals surface area contributed by atoms with E-state index in [1.807, 2.05) is 6.92 Å². The van der Waals surface area contributed by atoms with Crippen LogP contribution >= 0.6 is 23.2 Å². The van der Waals surface area contributed by atoms with Gasteiger partial charge in [0.2, 0.25) is 11.8 Å². The number of unbranched alkanes of at least 4 members (excludes halogenated alkanes) is 1. The number of nitro benzene ring substituents is 1. The number of hydrogen-bond acceptors (Lipinski definition) is 7. The Labute approximate surface area is 266 Å². The van der Waals surface area contributed by atoms with E-state index in [9.17, 15) is 28.1 Å². The van der Waals surface area contributed by atoms with Crippen LogP contribution in [0.4, 0.5) is 11.4 Å². The second-order valence-corrected chi connectivity index (χ2v) is 12.6. The van der Waals surface area contributed by atoms with Crippen LogP contribution < -0.4 is 14.4 Å². The molecule has 0 bridgehead atoms. The molecule has 0 spiro atoms. The highest BCUT2D eigenvalue weighted by Crippen LogP contribution is 2.31. The molecule has 11 nitrogen and oxygen atoms in total. The van der Waals surface area contributed by atoms with E-state index in [0.29, 0.717) is 17.9 Å². The van der Waals surface area contributed by atoms with E-state index < -0.39 is 39.3 Å². The monoisotopic (exact) mass is 664 g/mol. The summed E-state index contributed by atoms with van der Waals surface area (Å²) in [7, 11) is -3.09. The van der Waals surface area contributed by atoms with E-state index in [0.717, 1.165) is 23.2 Å². The third-order valence-electron chi connectivity index (χ3n) is 6.99. The summed E-state index contributed by atoms with van der Waals surface area (Å²) in [5, 5.41) is 14.9. The Bertz CT molecular complexity index is 1600. The summed E-state index contributed by atoms with van der Waals surface area (Å²) in [6, 6.07) is 13.2. The molecule has 3 aromatic carbocycles. The molecule has 14 heteroatoms. The SMILES string of the molecule is CCCCNC(=O)C(C)N(Cc1c(Cl)cccc1Cl)C(=O)CN(c1ccc(OC)cc1)S(=O)(=O)c1ccc(C)c([N+](=O)[O-])c1. The lowest BCUT2D eigenvalue weighted by Crippen LogP contribution is -2.51. The quantitative estimate of drug-likeness (QED) is 0.132. The normalized spacial score (nSPS) is 11.9. The van der Waals surface area contributed by atoms with Crippen LogP contribution in [-0.2, 0) is 26.2 Å². The molecule has 0 saturated heterocycles. The van der Waals surface area contributed by atoms with E-state index in [-0.39, 0.29) is 38.4 Å². The Hall–Kier alpha value is -3.87. The van der Waals surface area contributed by atoms with Crippen LogP contribution in [0, 0.1) is 17.0 Å². The smallest absolute Gasteiger partial charge is 0.273 e. The van der Waals surface area contributed by atoms with E-state index in [1.165, 1.54) is 62.3 Å². The van der Waals surface area contributed by atoms with Gasteiger partial charge in [0.15, 0.2) is 0 Å². The van der Waals surface area contributed by atoms with E-state index in [1.54, 1.807) is 18.2 Å². The van der Waals surface area contributed by atoms with Gasteiger partial charge in [0.05, 0.1) is 22.6 Å². The minimum Gasteiger partial charge on any atom is -0.497 e. The number of anilines is 1. The maximum absolute atomic E-state index is 14.1. The zero-order valence-electron chi connectivity index (χ0n) is 24.7. The third kappa shape index (κ3) is 8.19. The van der Waals surface area contributed by atoms with Crippen LogP contribution in [0.25, 0.3) is 0 Å². The van der Waals surface area contributed by atoms with Gasteiger partial charge in [-0.05, 0) is 62.7 Å². The highest BCUT2D eigenvalue weighted by Gasteiger charge is 2.34. The average molecular weight is 666 g/mol. The summed E-state index contributed by atoms with van der Waals surface area (Å²) in [6.45, 7) is 4.45. The van der Waals surface area contributed by atoms with Crippen molar-refractivity contribution in [3.05, 3.63) is 92.0 Å². The van der Waals surface area contributed by atoms with E-state index in [2.05, 4.69) is 5.32 Å². The molecule has 1 atom stereocenters. The van der Waals surface area contributed by atoms with Crippen molar-refractivity contribution >= 4 is 56.4 Å². The van der Waals surface area contributed by atoms with Crippen molar-refractivity contribution in [2.75, 3.05) is 24.5 Å². The lowest BCUT2D eigenvalue weighted by Gasteiger charge is -2.32. The van der Waals surface area contributed by atoms with Crippen molar-refractivity contribution in [3.8, 4) is 5.75 Å². The van der Waals surface area contributed by atoms with Crippen LogP contribution in [-0.4, -0.2) is 56.3 Å². The van der Waals surface area contributed by atoms with Gasteiger partial charge in [-0.25, -0.2) is 8.42 Å². The fourth-order valence-corrected chi connectivity index (χ4v) is 6.27. The number of rotatable bonds is 14. The van der Waals surface area contributed by atoms with E-state index in [4.69, 9.17) is 27.9 Å². The van der Waals surface area contributed by atoms with Gasteiger partial charge in [0, 0.05) is 40.3 Å². The van der Waals surface area contributed by atoms with Crippen molar-refractivity contribution in [2.24, 2.45) is 0 Å². The van der Waals surface area contributed by atoms with Gasteiger partial charge in [-0.15, -0.1) is 0 Å². The second-order valence-electron chi connectivity index (χ2n) is 9.96. The Morgan fingerprint density at radius 2 is 1.70 bits per heavy atom. The molecule has 3 aromatic rings. The first-order valence-electron chi connectivity index (χ1n) is 13.7. The third-order valence-corrected chi connectivity index (χ3v) is 9.47. The Balaban J connectivity index is 2.10. The second kappa shape index (κ2) is 15.2. The highest BCUT2D eigenvalue weighted by molar-refractivity contribution is 7.92. The maximum atomic E-state index is 14.1. The molecule has 0 fully saturated rings. The number of nitrogens with one attached hydrogen (secondary N) is 1. The lowest BCUT2D eigenvalue weighted by atomic mass is 10.1. The zero-order valence-corrected chi connectivity index (χ0v) is 27.1. The summed E-state index contributed by atoms with van der Waals surface area (Å²) in [5.74, 6) is -0.737. The number of carbonyl (C=O) groups excluding carboxylic acids is 2. The number of amides is 2. The van der Waals surface area contributed by atoms with Crippen LogP contribution in [0.1, 0.15) is 37.8 Å². The molecule has 0 heterocycles. The molecule has 1 unspecified atom stereocenters. The predicted molar refractivity (Wildman–Crippen MR) is 170 cm³/mol. The Morgan fingerprint density at radius 1 is 1.07 bits per heavy atom. The number of nitrogens with zero attached hydrogens (tertiary/aromatic N) is 3. The first-order chi connectivity index (χ1) is 20.8. The molecule has 0 saturated carbocycles. The molecule has 236 valence electrons. The predicted octanol–water partition coefficient (Wildman–Crippen LogP) is 5.75. The van der Waals surface area contributed by atoms with Crippen LogP contribution in [0.3, 0.4) is 0 Å². The number of carbonyl (C=O) groups is 2. The number of hydrogen-bond donors (Lipinski definition) is 1. The van der Waals surface area contributed by atoms with Gasteiger partial charge in [-0.3, -0.25) is 24.0 Å².